The standard InChI is InChI=1S/C28H50O12/c1-17-13-11-9-7-5-3-2-4-6-8-10-12-14-20(31)39-25-19(16-30)38-27(24(35)23(25)34)40-26-22(33)21(32)18(15-29)37-28(26)36-17/h17-19,21-30,32-35H,2-16H2,1H3/t17?,18-,19-,21-,22+,23-,24-,25-,26-,27+,28-/m1/s1. The molecule has 0 radical (unpaired) electrons. The van der Waals surface area contributed by atoms with Gasteiger partial charge in [-0.3, -0.25) is 4.79 Å². The Hall–Kier alpha value is -0.930. The lowest BCUT2D eigenvalue weighted by molar-refractivity contribution is -0.371. The van der Waals surface area contributed by atoms with E-state index in [2.05, 4.69) is 0 Å². The predicted octanol–water partition coefficient (Wildman–Crippen LogP) is 0.651. The van der Waals surface area contributed by atoms with Gasteiger partial charge >= 0.3 is 5.97 Å². The first-order chi connectivity index (χ1) is 19.3. The Morgan fingerprint density at radius 2 is 1.12 bits per heavy atom. The molecule has 12 nitrogen and oxygen atoms in total. The van der Waals surface area contributed by atoms with Gasteiger partial charge in [0.05, 0.1) is 19.3 Å². The largest absolute Gasteiger partial charge is 0.457 e. The number of carbonyl (C=O) groups excluding carboxylic acids is 1. The maximum atomic E-state index is 12.5. The molecule has 4 saturated heterocycles. The molecule has 2 bridgehead atoms. The number of ether oxygens (including phenoxy) is 5. The van der Waals surface area contributed by atoms with Gasteiger partial charge in [0.15, 0.2) is 18.7 Å². The Morgan fingerprint density at radius 3 is 1.73 bits per heavy atom. The lowest BCUT2D eigenvalue weighted by Crippen LogP contribution is -2.65. The van der Waals surface area contributed by atoms with E-state index in [-0.39, 0.29) is 12.5 Å². The number of aliphatic hydroxyl groups excluding tert-OH is 6. The van der Waals surface area contributed by atoms with Crippen LogP contribution in [0.5, 0.6) is 0 Å². The molecule has 4 aliphatic heterocycles. The van der Waals surface area contributed by atoms with Crippen molar-refractivity contribution in [2.75, 3.05) is 13.2 Å². The average molecular weight is 579 g/mol. The molecule has 4 heterocycles. The summed E-state index contributed by atoms with van der Waals surface area (Å²) < 4.78 is 28.6. The minimum Gasteiger partial charge on any atom is -0.457 e. The minimum atomic E-state index is -1.72. The monoisotopic (exact) mass is 578 g/mol. The van der Waals surface area contributed by atoms with Crippen LogP contribution in [0.1, 0.15) is 90.4 Å². The molecule has 4 fully saturated rings. The molecule has 12 heteroatoms. The number of carbonyl (C=O) groups is 1. The molecule has 6 N–H and O–H groups in total. The minimum absolute atomic E-state index is 0.143. The Balaban J connectivity index is 1.74. The van der Waals surface area contributed by atoms with E-state index in [1.54, 1.807) is 0 Å². The molecule has 0 saturated carbocycles. The maximum absolute atomic E-state index is 12.5. The number of rotatable bonds is 2. The van der Waals surface area contributed by atoms with Gasteiger partial charge in [0.25, 0.3) is 0 Å². The summed E-state index contributed by atoms with van der Waals surface area (Å²) in [6.45, 7) is 0.643. The molecule has 4 aliphatic rings. The van der Waals surface area contributed by atoms with Gasteiger partial charge in [0.1, 0.15) is 42.7 Å². The van der Waals surface area contributed by atoms with Crippen LogP contribution in [0, 0.1) is 0 Å². The van der Waals surface area contributed by atoms with Crippen molar-refractivity contribution in [3.05, 3.63) is 0 Å². The first kappa shape index (κ1) is 33.6. The van der Waals surface area contributed by atoms with Gasteiger partial charge in [-0.05, 0) is 19.8 Å². The van der Waals surface area contributed by atoms with E-state index in [0.717, 1.165) is 51.4 Å². The molecule has 40 heavy (non-hydrogen) atoms. The summed E-state index contributed by atoms with van der Waals surface area (Å²) in [7, 11) is 0. The van der Waals surface area contributed by atoms with Crippen LogP contribution in [0.25, 0.3) is 0 Å². The molecule has 234 valence electrons. The highest BCUT2D eigenvalue weighted by atomic mass is 16.8. The van der Waals surface area contributed by atoms with Gasteiger partial charge in [-0.1, -0.05) is 64.2 Å². The number of hydrogen-bond donors (Lipinski definition) is 6. The molecular weight excluding hydrogens is 528 g/mol. The zero-order valence-corrected chi connectivity index (χ0v) is 23.6. The first-order valence-electron chi connectivity index (χ1n) is 15.0. The molecule has 0 amide bonds. The molecule has 0 aliphatic carbocycles. The van der Waals surface area contributed by atoms with Crippen LogP contribution >= 0.6 is 0 Å². The van der Waals surface area contributed by atoms with Gasteiger partial charge in [-0.15, -0.1) is 0 Å². The maximum Gasteiger partial charge on any atom is 0.306 e. The van der Waals surface area contributed by atoms with Crippen molar-refractivity contribution in [2.45, 2.75) is 158 Å². The molecule has 0 aromatic rings. The fourth-order valence-corrected chi connectivity index (χ4v) is 5.58. The number of aliphatic hydroxyl groups is 6. The molecular formula is C28H50O12. The van der Waals surface area contributed by atoms with Crippen LogP contribution in [0.3, 0.4) is 0 Å². The highest BCUT2D eigenvalue weighted by Crippen LogP contribution is 2.31. The fraction of sp³-hybridized carbons (Fsp3) is 0.964. The zero-order valence-electron chi connectivity index (χ0n) is 23.6. The van der Waals surface area contributed by atoms with Crippen molar-refractivity contribution in [1.82, 2.24) is 0 Å². The third-order valence-electron chi connectivity index (χ3n) is 8.06. The second kappa shape index (κ2) is 17.3. The quantitative estimate of drug-likeness (QED) is 0.252. The highest BCUT2D eigenvalue weighted by molar-refractivity contribution is 5.69. The molecule has 0 spiro atoms. The smallest absolute Gasteiger partial charge is 0.306 e. The highest BCUT2D eigenvalue weighted by Gasteiger charge is 2.52. The van der Waals surface area contributed by atoms with Gasteiger partial charge in [-0.25, -0.2) is 0 Å². The van der Waals surface area contributed by atoms with Gasteiger partial charge in [-0.2, -0.15) is 0 Å². The normalized spacial score (nSPS) is 42.4. The second-order valence-corrected chi connectivity index (χ2v) is 11.3. The lowest BCUT2D eigenvalue weighted by Gasteiger charge is -2.46. The molecule has 4 rings (SSSR count). The number of hydrogen-bond acceptors (Lipinski definition) is 12. The Morgan fingerprint density at radius 1 is 0.600 bits per heavy atom. The van der Waals surface area contributed by atoms with Crippen LogP contribution in [0.2, 0.25) is 0 Å². The predicted molar refractivity (Wildman–Crippen MR) is 141 cm³/mol. The Bertz CT molecular complexity index is 723. The lowest BCUT2D eigenvalue weighted by atomic mass is 9.97. The van der Waals surface area contributed by atoms with E-state index in [4.69, 9.17) is 23.7 Å². The SMILES string of the molecule is CC1CCCCCCCCCCCCCC(=O)O[C@H]2[C@H](O)[C@@H](O)[C@H](O[C@H]3[C@H](O1)O[C@H](CO)[C@@H](O)[C@@H]3O)O[C@@H]2CO. The zero-order chi connectivity index (χ0) is 29.1. The third-order valence-corrected chi connectivity index (χ3v) is 8.06. The molecule has 0 aromatic heterocycles. The van der Waals surface area contributed by atoms with Crippen molar-refractivity contribution in [3.63, 3.8) is 0 Å². The molecule has 0 aromatic carbocycles. The van der Waals surface area contributed by atoms with Crippen LogP contribution in [0.4, 0.5) is 0 Å². The first-order valence-corrected chi connectivity index (χ1v) is 15.0. The van der Waals surface area contributed by atoms with E-state index in [9.17, 15) is 35.4 Å². The van der Waals surface area contributed by atoms with E-state index < -0.39 is 80.6 Å². The van der Waals surface area contributed by atoms with Crippen LogP contribution in [-0.2, 0) is 28.5 Å². The summed E-state index contributed by atoms with van der Waals surface area (Å²) in [5.74, 6) is -0.566. The Labute approximate surface area is 236 Å². The van der Waals surface area contributed by atoms with Crippen molar-refractivity contribution >= 4 is 5.97 Å². The summed E-state index contributed by atoms with van der Waals surface area (Å²) >= 11 is 0. The van der Waals surface area contributed by atoms with Crippen molar-refractivity contribution in [2.24, 2.45) is 0 Å². The van der Waals surface area contributed by atoms with Crippen molar-refractivity contribution in [3.8, 4) is 0 Å². The average Bonchev–Trinajstić information content (AvgIpc) is 2.94. The molecule has 11 atom stereocenters. The summed E-state index contributed by atoms with van der Waals surface area (Å²) in [6.07, 6.45) is -2.25. The molecule has 1 unspecified atom stereocenters. The van der Waals surface area contributed by atoms with E-state index in [1.165, 1.54) is 19.3 Å². The number of esters is 1. The van der Waals surface area contributed by atoms with Crippen molar-refractivity contribution < 1.29 is 59.1 Å². The van der Waals surface area contributed by atoms with Crippen LogP contribution in [-0.4, -0.2) is 117 Å². The second-order valence-electron chi connectivity index (χ2n) is 11.3. The number of fused-ring (bicyclic) bond motifs is 18. The summed E-state index contributed by atoms with van der Waals surface area (Å²) in [5, 5.41) is 62.4. The van der Waals surface area contributed by atoms with E-state index in [1.807, 2.05) is 6.92 Å². The summed E-state index contributed by atoms with van der Waals surface area (Å²) in [5.41, 5.74) is 0. The van der Waals surface area contributed by atoms with E-state index in [0.29, 0.717) is 6.42 Å². The van der Waals surface area contributed by atoms with Gasteiger partial charge < -0.3 is 54.3 Å². The van der Waals surface area contributed by atoms with E-state index >= 15 is 0 Å². The van der Waals surface area contributed by atoms with Crippen LogP contribution in [0.15, 0.2) is 0 Å². The van der Waals surface area contributed by atoms with Crippen molar-refractivity contribution in [1.29, 1.82) is 0 Å². The third kappa shape index (κ3) is 9.55. The topological polar surface area (TPSA) is 185 Å². The Kier molecular flexibility index (Phi) is 14.5. The fourth-order valence-electron chi connectivity index (χ4n) is 5.58. The summed E-state index contributed by atoms with van der Waals surface area (Å²) in [6, 6.07) is 0. The summed E-state index contributed by atoms with van der Waals surface area (Å²) in [4.78, 5) is 12.5. The van der Waals surface area contributed by atoms with Gasteiger partial charge in [0, 0.05) is 6.42 Å². The van der Waals surface area contributed by atoms with Gasteiger partial charge in [0.2, 0.25) is 0 Å². The van der Waals surface area contributed by atoms with Crippen LogP contribution < -0.4 is 0 Å².